The highest BCUT2D eigenvalue weighted by Gasteiger charge is 2.32. The van der Waals surface area contributed by atoms with Gasteiger partial charge in [0.25, 0.3) is 0 Å². The summed E-state index contributed by atoms with van der Waals surface area (Å²) >= 11 is 0. The van der Waals surface area contributed by atoms with E-state index in [2.05, 4.69) is 20.9 Å². The minimum Gasteiger partial charge on any atom is -0.481 e. The lowest BCUT2D eigenvalue weighted by Gasteiger charge is -2.26. The summed E-state index contributed by atoms with van der Waals surface area (Å²) in [7, 11) is 0. The predicted molar refractivity (Wildman–Crippen MR) is 114 cm³/mol. The number of carbonyl (C=O) groups is 5. The smallest absolute Gasteiger partial charge is 0.325 e. The van der Waals surface area contributed by atoms with E-state index in [1.165, 1.54) is 6.92 Å². The van der Waals surface area contributed by atoms with Crippen molar-refractivity contribution in [2.75, 3.05) is 6.54 Å². The highest BCUT2D eigenvalue weighted by atomic mass is 16.4. The summed E-state index contributed by atoms with van der Waals surface area (Å²) in [5, 5.41) is 24.8. The first-order chi connectivity index (χ1) is 14.8. The van der Waals surface area contributed by atoms with Gasteiger partial charge in [0.15, 0.2) is 5.96 Å². The molecule has 0 saturated carbocycles. The molecule has 4 atom stereocenters. The van der Waals surface area contributed by atoms with Gasteiger partial charge in [-0.2, -0.15) is 0 Å². The van der Waals surface area contributed by atoms with Gasteiger partial charge in [0.1, 0.15) is 18.1 Å². The van der Waals surface area contributed by atoms with Crippen molar-refractivity contribution in [3.05, 3.63) is 0 Å². The number of nitrogens with zero attached hydrogens (tertiary/aromatic N) is 1. The van der Waals surface area contributed by atoms with Gasteiger partial charge in [0.05, 0.1) is 12.5 Å². The molecule has 0 heterocycles. The van der Waals surface area contributed by atoms with Crippen LogP contribution in [0, 0.1) is 5.92 Å². The van der Waals surface area contributed by atoms with Gasteiger partial charge in [-0.25, -0.2) is 0 Å². The van der Waals surface area contributed by atoms with Gasteiger partial charge in [-0.1, -0.05) is 13.8 Å². The maximum absolute atomic E-state index is 12.7. The predicted octanol–water partition coefficient (Wildman–Crippen LogP) is -2.94. The Labute approximate surface area is 185 Å². The number of hydrogen-bond donors (Lipinski definition) is 8. The Hall–Kier alpha value is -3.42. The fraction of sp³-hybridized carbons (Fsp3) is 0.667. The number of carboxylic acids is 2. The molecule has 0 aromatic heterocycles. The minimum atomic E-state index is -1.55. The van der Waals surface area contributed by atoms with Gasteiger partial charge in [0.2, 0.25) is 17.7 Å². The first kappa shape index (κ1) is 28.6. The van der Waals surface area contributed by atoms with Crippen LogP contribution in [0.3, 0.4) is 0 Å². The minimum absolute atomic E-state index is 0.0859. The van der Waals surface area contributed by atoms with Crippen molar-refractivity contribution in [1.29, 1.82) is 0 Å². The van der Waals surface area contributed by atoms with Crippen molar-refractivity contribution in [3.63, 3.8) is 0 Å². The number of carbonyl (C=O) groups excluding carboxylic acids is 3. The summed E-state index contributed by atoms with van der Waals surface area (Å²) in [6.07, 6.45) is -0.118. The standard InChI is InChI=1S/C18H33N7O7/c1-8(2)13(25-14(28)10(19)5-4-6-22-18(20)21)16(30)24-11(7-12(26)27)15(29)23-9(3)17(31)32/h8-11,13H,4-7,19H2,1-3H3,(H,23,29)(H,24,30)(H,25,28)(H,26,27)(H,31,32)(H4,20,21,22). The molecule has 182 valence electrons. The summed E-state index contributed by atoms with van der Waals surface area (Å²) < 4.78 is 0. The molecule has 14 heteroatoms. The van der Waals surface area contributed by atoms with Crippen LogP contribution in [0.5, 0.6) is 0 Å². The third-order valence-electron chi connectivity index (χ3n) is 4.29. The van der Waals surface area contributed by atoms with Gasteiger partial charge < -0.3 is 43.4 Å². The number of carboxylic acid groups (broad SMARTS) is 2. The van der Waals surface area contributed by atoms with Crippen LogP contribution < -0.4 is 33.2 Å². The third kappa shape index (κ3) is 11.1. The lowest BCUT2D eigenvalue weighted by Crippen LogP contribution is -2.58. The van der Waals surface area contributed by atoms with Crippen LogP contribution in [0.15, 0.2) is 4.99 Å². The van der Waals surface area contributed by atoms with Crippen molar-refractivity contribution < 1.29 is 34.2 Å². The fourth-order valence-corrected chi connectivity index (χ4v) is 2.47. The van der Waals surface area contributed by atoms with E-state index in [0.717, 1.165) is 0 Å². The SMILES string of the molecule is CC(NC(=O)C(CC(=O)O)NC(=O)C(NC(=O)C(N)CCCN=C(N)N)C(C)C)C(=O)O. The van der Waals surface area contributed by atoms with Crippen LogP contribution >= 0.6 is 0 Å². The van der Waals surface area contributed by atoms with Crippen molar-refractivity contribution in [2.45, 2.75) is 64.2 Å². The summed E-state index contributed by atoms with van der Waals surface area (Å²) in [6.45, 7) is 4.73. The molecule has 32 heavy (non-hydrogen) atoms. The van der Waals surface area contributed by atoms with Gasteiger partial charge in [-0.05, 0) is 25.7 Å². The zero-order chi connectivity index (χ0) is 25.0. The number of nitrogens with two attached hydrogens (primary N) is 3. The molecule has 0 aliphatic carbocycles. The average molecular weight is 460 g/mol. The van der Waals surface area contributed by atoms with Crippen molar-refractivity contribution >= 4 is 35.6 Å². The third-order valence-corrected chi connectivity index (χ3v) is 4.29. The Morgan fingerprint density at radius 1 is 0.906 bits per heavy atom. The molecule has 0 aromatic carbocycles. The van der Waals surface area contributed by atoms with Crippen LogP contribution in [0.2, 0.25) is 0 Å². The number of amides is 3. The van der Waals surface area contributed by atoms with E-state index < -0.39 is 66.2 Å². The summed E-state index contributed by atoms with van der Waals surface area (Å²) in [4.78, 5) is 63.1. The Bertz CT molecular complexity index is 722. The average Bonchev–Trinajstić information content (AvgIpc) is 2.67. The fourth-order valence-electron chi connectivity index (χ4n) is 2.47. The first-order valence-electron chi connectivity index (χ1n) is 9.92. The van der Waals surface area contributed by atoms with E-state index in [0.29, 0.717) is 6.42 Å². The molecule has 11 N–H and O–H groups in total. The van der Waals surface area contributed by atoms with Gasteiger partial charge >= 0.3 is 11.9 Å². The molecule has 0 aliphatic rings. The lowest BCUT2D eigenvalue weighted by molar-refractivity contribution is -0.143. The topological polar surface area (TPSA) is 252 Å². The van der Waals surface area contributed by atoms with E-state index in [1.54, 1.807) is 13.8 Å². The zero-order valence-electron chi connectivity index (χ0n) is 18.3. The molecule has 0 radical (unpaired) electrons. The summed E-state index contributed by atoms with van der Waals surface area (Å²) in [6, 6.07) is -4.92. The number of hydrogen-bond acceptors (Lipinski definition) is 7. The van der Waals surface area contributed by atoms with E-state index in [-0.39, 0.29) is 18.9 Å². The highest BCUT2D eigenvalue weighted by Crippen LogP contribution is 2.06. The van der Waals surface area contributed by atoms with Crippen LogP contribution in [0.4, 0.5) is 0 Å². The quantitative estimate of drug-likeness (QED) is 0.0744. The second-order valence-corrected chi connectivity index (χ2v) is 7.51. The number of aliphatic imine (C=N–C) groups is 1. The molecule has 0 rings (SSSR count). The second-order valence-electron chi connectivity index (χ2n) is 7.51. The van der Waals surface area contributed by atoms with E-state index in [4.69, 9.17) is 27.4 Å². The van der Waals surface area contributed by atoms with Crippen LogP contribution in [0.25, 0.3) is 0 Å². The van der Waals surface area contributed by atoms with Gasteiger partial charge in [-0.3, -0.25) is 29.0 Å². The van der Waals surface area contributed by atoms with Crippen LogP contribution in [-0.2, 0) is 24.0 Å². The number of rotatable bonds is 14. The van der Waals surface area contributed by atoms with Crippen LogP contribution in [-0.4, -0.2) is 76.5 Å². The maximum atomic E-state index is 12.7. The van der Waals surface area contributed by atoms with E-state index in [9.17, 15) is 24.0 Å². The van der Waals surface area contributed by atoms with Crippen molar-refractivity contribution in [1.82, 2.24) is 16.0 Å². The van der Waals surface area contributed by atoms with Crippen molar-refractivity contribution in [3.8, 4) is 0 Å². The van der Waals surface area contributed by atoms with E-state index >= 15 is 0 Å². The van der Waals surface area contributed by atoms with Gasteiger partial charge in [0, 0.05) is 6.54 Å². The lowest BCUT2D eigenvalue weighted by atomic mass is 10.0. The Morgan fingerprint density at radius 3 is 1.97 bits per heavy atom. The normalized spacial score (nSPS) is 14.4. The molecular weight excluding hydrogens is 426 g/mol. The number of guanidine groups is 1. The number of aliphatic carboxylic acids is 2. The Balaban J connectivity index is 5.16. The number of nitrogens with one attached hydrogen (secondary N) is 3. The summed E-state index contributed by atoms with van der Waals surface area (Å²) in [5.74, 6) is -5.66. The monoisotopic (exact) mass is 459 g/mol. The molecule has 0 spiro atoms. The highest BCUT2D eigenvalue weighted by molar-refractivity contribution is 5.95. The van der Waals surface area contributed by atoms with Gasteiger partial charge in [-0.15, -0.1) is 0 Å². The molecule has 0 aliphatic heterocycles. The first-order valence-corrected chi connectivity index (χ1v) is 9.92. The molecular formula is C18H33N7O7. The Morgan fingerprint density at radius 2 is 1.50 bits per heavy atom. The maximum Gasteiger partial charge on any atom is 0.325 e. The Kier molecular flexibility index (Phi) is 12.3. The molecule has 0 fully saturated rings. The largest absolute Gasteiger partial charge is 0.481 e. The van der Waals surface area contributed by atoms with Crippen molar-refractivity contribution in [2.24, 2.45) is 28.1 Å². The molecule has 4 unspecified atom stereocenters. The summed E-state index contributed by atoms with van der Waals surface area (Å²) in [5.41, 5.74) is 16.3. The second kappa shape index (κ2) is 13.8. The molecule has 14 nitrogen and oxygen atoms in total. The molecule has 0 bridgehead atoms. The zero-order valence-corrected chi connectivity index (χ0v) is 18.3. The molecule has 3 amide bonds. The van der Waals surface area contributed by atoms with Crippen LogP contribution in [0.1, 0.15) is 40.0 Å². The molecule has 0 aromatic rings. The molecule has 0 saturated heterocycles. The van der Waals surface area contributed by atoms with E-state index in [1.807, 2.05) is 0 Å².